The summed E-state index contributed by atoms with van der Waals surface area (Å²) in [4.78, 5) is 14.9. The molecule has 2 N–H and O–H groups in total. The van der Waals surface area contributed by atoms with Crippen molar-refractivity contribution >= 4 is 22.8 Å². The van der Waals surface area contributed by atoms with Gasteiger partial charge in [-0.05, 0) is 18.9 Å². The highest BCUT2D eigenvalue weighted by Crippen LogP contribution is 2.39. The van der Waals surface area contributed by atoms with Gasteiger partial charge < -0.3 is 10.6 Å². The van der Waals surface area contributed by atoms with Crippen LogP contribution in [-0.4, -0.2) is 37.6 Å². The van der Waals surface area contributed by atoms with Gasteiger partial charge in [-0.3, -0.25) is 14.5 Å². The molecule has 0 bridgehead atoms. The van der Waals surface area contributed by atoms with Gasteiger partial charge in [0.2, 0.25) is 5.65 Å². The number of para-hydroxylation sites is 2. The van der Waals surface area contributed by atoms with Gasteiger partial charge in [0, 0.05) is 37.5 Å². The lowest BCUT2D eigenvalue weighted by atomic mass is 10.2. The lowest BCUT2D eigenvalue weighted by molar-refractivity contribution is -0.384. The van der Waals surface area contributed by atoms with E-state index in [-0.39, 0.29) is 5.69 Å². The Morgan fingerprint density at radius 3 is 2.80 bits per heavy atom. The molecule has 1 aromatic carbocycles. The van der Waals surface area contributed by atoms with Gasteiger partial charge in [-0.25, -0.2) is 4.98 Å². The zero-order valence-corrected chi connectivity index (χ0v) is 13.4. The van der Waals surface area contributed by atoms with Crippen LogP contribution in [0.15, 0.2) is 36.7 Å². The number of anilines is 2. The lowest BCUT2D eigenvalue weighted by Gasteiger charge is -2.09. The molecule has 2 heterocycles. The van der Waals surface area contributed by atoms with Crippen molar-refractivity contribution in [1.29, 1.82) is 0 Å². The van der Waals surface area contributed by atoms with Crippen LogP contribution in [0.2, 0.25) is 0 Å². The molecule has 0 spiro atoms. The minimum Gasteiger partial charge on any atom is -0.378 e. The Labute approximate surface area is 143 Å². The van der Waals surface area contributed by atoms with Crippen LogP contribution in [0.25, 0.3) is 5.65 Å². The maximum absolute atomic E-state index is 11.0. The molecule has 0 amide bonds. The fraction of sp³-hybridized carbons (Fsp3) is 0.312. The summed E-state index contributed by atoms with van der Waals surface area (Å²) in [6, 6.07) is 6.58. The zero-order chi connectivity index (χ0) is 17.2. The SMILES string of the molecule is O=[N+]([O-])c1ccccc1NCCNc1nccn2c(C3CC3)nnc12. The summed E-state index contributed by atoms with van der Waals surface area (Å²) in [6.45, 7) is 1.06. The zero-order valence-electron chi connectivity index (χ0n) is 13.4. The predicted octanol–water partition coefficient (Wildman–Crippen LogP) is 2.43. The molecule has 1 aliphatic carbocycles. The second-order valence-corrected chi connectivity index (χ2v) is 5.93. The molecule has 3 aromatic rings. The number of nitro groups is 1. The average Bonchev–Trinajstić information content (AvgIpc) is 3.38. The molecule has 0 atom stereocenters. The van der Waals surface area contributed by atoms with Crippen LogP contribution in [-0.2, 0) is 0 Å². The number of benzene rings is 1. The number of nitro benzene ring substituents is 1. The minimum absolute atomic E-state index is 0.0641. The summed E-state index contributed by atoms with van der Waals surface area (Å²) in [6.07, 6.45) is 5.91. The molecule has 0 aliphatic heterocycles. The van der Waals surface area contributed by atoms with Crippen molar-refractivity contribution in [3.63, 3.8) is 0 Å². The summed E-state index contributed by atoms with van der Waals surface area (Å²) in [5.74, 6) is 2.15. The van der Waals surface area contributed by atoms with E-state index in [2.05, 4.69) is 25.8 Å². The third-order valence-electron chi connectivity index (χ3n) is 4.13. The number of fused-ring (bicyclic) bond motifs is 1. The molecule has 9 nitrogen and oxygen atoms in total. The Balaban J connectivity index is 1.41. The van der Waals surface area contributed by atoms with Crippen LogP contribution in [0.3, 0.4) is 0 Å². The standard InChI is InChI=1S/C16H17N7O2/c24-23(25)13-4-2-1-3-12(13)17-7-8-18-14-16-21-20-15(11-5-6-11)22(16)10-9-19-14/h1-4,9-11,17H,5-8H2,(H,18,19). The van der Waals surface area contributed by atoms with E-state index in [0.29, 0.717) is 36.2 Å². The highest BCUT2D eigenvalue weighted by Gasteiger charge is 2.29. The van der Waals surface area contributed by atoms with E-state index >= 15 is 0 Å². The summed E-state index contributed by atoms with van der Waals surface area (Å²) < 4.78 is 1.97. The van der Waals surface area contributed by atoms with Gasteiger partial charge >= 0.3 is 0 Å². The second-order valence-electron chi connectivity index (χ2n) is 5.93. The normalized spacial score (nSPS) is 13.8. The van der Waals surface area contributed by atoms with E-state index < -0.39 is 4.92 Å². The van der Waals surface area contributed by atoms with Crippen molar-refractivity contribution < 1.29 is 4.92 Å². The summed E-state index contributed by atoms with van der Waals surface area (Å²) >= 11 is 0. The van der Waals surface area contributed by atoms with Crippen LogP contribution < -0.4 is 10.6 Å². The first-order valence-electron chi connectivity index (χ1n) is 8.15. The summed E-state index contributed by atoms with van der Waals surface area (Å²) in [5.41, 5.74) is 1.27. The van der Waals surface area contributed by atoms with Crippen LogP contribution in [0, 0.1) is 10.1 Å². The Kier molecular flexibility index (Phi) is 3.88. The van der Waals surface area contributed by atoms with E-state index in [1.165, 1.54) is 6.07 Å². The molecule has 25 heavy (non-hydrogen) atoms. The van der Waals surface area contributed by atoms with Crippen LogP contribution in [0.1, 0.15) is 24.6 Å². The third-order valence-corrected chi connectivity index (χ3v) is 4.13. The van der Waals surface area contributed by atoms with Gasteiger partial charge in [0.1, 0.15) is 11.5 Å². The van der Waals surface area contributed by atoms with Gasteiger partial charge in [-0.15, -0.1) is 10.2 Å². The number of rotatable bonds is 7. The van der Waals surface area contributed by atoms with E-state index in [1.807, 2.05) is 10.6 Å². The fourth-order valence-corrected chi connectivity index (χ4v) is 2.75. The Morgan fingerprint density at radius 2 is 2.00 bits per heavy atom. The molecule has 1 fully saturated rings. The summed E-state index contributed by atoms with van der Waals surface area (Å²) in [5, 5.41) is 25.8. The molecule has 128 valence electrons. The number of nitrogens with one attached hydrogen (secondary N) is 2. The van der Waals surface area contributed by atoms with E-state index in [1.54, 1.807) is 24.4 Å². The van der Waals surface area contributed by atoms with E-state index in [4.69, 9.17) is 0 Å². The smallest absolute Gasteiger partial charge is 0.292 e. The van der Waals surface area contributed by atoms with Crippen LogP contribution in [0.4, 0.5) is 17.2 Å². The Hall–Kier alpha value is -3.23. The van der Waals surface area contributed by atoms with Crippen molar-refractivity contribution in [2.45, 2.75) is 18.8 Å². The monoisotopic (exact) mass is 339 g/mol. The van der Waals surface area contributed by atoms with Gasteiger partial charge in [0.15, 0.2) is 5.82 Å². The molecule has 0 unspecified atom stereocenters. The highest BCUT2D eigenvalue weighted by atomic mass is 16.6. The van der Waals surface area contributed by atoms with E-state index in [0.717, 1.165) is 18.7 Å². The quantitative estimate of drug-likeness (QED) is 0.386. The largest absolute Gasteiger partial charge is 0.378 e. The molecule has 0 saturated heterocycles. The molecule has 1 aliphatic rings. The fourth-order valence-electron chi connectivity index (χ4n) is 2.75. The van der Waals surface area contributed by atoms with Gasteiger partial charge in [0.05, 0.1) is 4.92 Å². The second kappa shape index (κ2) is 6.34. The predicted molar refractivity (Wildman–Crippen MR) is 92.8 cm³/mol. The van der Waals surface area contributed by atoms with E-state index in [9.17, 15) is 10.1 Å². The maximum Gasteiger partial charge on any atom is 0.292 e. The van der Waals surface area contributed by atoms with Crippen LogP contribution in [0.5, 0.6) is 0 Å². The van der Waals surface area contributed by atoms with Crippen molar-refractivity contribution in [3.05, 3.63) is 52.6 Å². The van der Waals surface area contributed by atoms with Crippen molar-refractivity contribution in [2.75, 3.05) is 23.7 Å². The molecule has 4 rings (SSSR count). The first-order valence-corrected chi connectivity index (χ1v) is 8.15. The van der Waals surface area contributed by atoms with Gasteiger partial charge in [-0.1, -0.05) is 12.1 Å². The molecule has 1 saturated carbocycles. The molecule has 2 aromatic heterocycles. The maximum atomic E-state index is 11.0. The number of nitrogens with zero attached hydrogens (tertiary/aromatic N) is 5. The topological polar surface area (TPSA) is 110 Å². The van der Waals surface area contributed by atoms with Crippen molar-refractivity contribution in [1.82, 2.24) is 19.6 Å². The minimum atomic E-state index is -0.395. The summed E-state index contributed by atoms with van der Waals surface area (Å²) in [7, 11) is 0. The molecular weight excluding hydrogens is 322 g/mol. The van der Waals surface area contributed by atoms with Crippen LogP contribution >= 0.6 is 0 Å². The Bertz CT molecular complexity index is 920. The van der Waals surface area contributed by atoms with Gasteiger partial charge in [0.25, 0.3) is 5.69 Å². The molecule has 9 heteroatoms. The first-order chi connectivity index (χ1) is 12.2. The highest BCUT2D eigenvalue weighted by molar-refractivity contribution is 5.63. The average molecular weight is 339 g/mol. The number of hydrogen-bond acceptors (Lipinski definition) is 7. The third kappa shape index (κ3) is 3.08. The van der Waals surface area contributed by atoms with Crippen molar-refractivity contribution in [3.8, 4) is 0 Å². The lowest BCUT2D eigenvalue weighted by Crippen LogP contribution is -2.15. The first kappa shape index (κ1) is 15.3. The number of hydrogen-bond donors (Lipinski definition) is 2. The molecule has 0 radical (unpaired) electrons. The van der Waals surface area contributed by atoms with Crippen molar-refractivity contribution in [2.24, 2.45) is 0 Å². The van der Waals surface area contributed by atoms with Gasteiger partial charge in [-0.2, -0.15) is 0 Å². The number of aromatic nitrogens is 4. The molecular formula is C16H17N7O2. The Morgan fingerprint density at radius 1 is 1.20 bits per heavy atom.